The van der Waals surface area contributed by atoms with Gasteiger partial charge in [-0.1, -0.05) is 6.07 Å². The molecule has 0 fully saturated rings. The van der Waals surface area contributed by atoms with Crippen LogP contribution in [-0.2, 0) is 4.74 Å². The van der Waals surface area contributed by atoms with E-state index in [4.69, 9.17) is 14.7 Å². The topological polar surface area (TPSA) is 62.5 Å². The highest BCUT2D eigenvalue weighted by Gasteiger charge is 2.05. The maximum atomic E-state index is 9.45. The van der Waals surface area contributed by atoms with Crippen molar-refractivity contribution >= 4 is 0 Å². The molecular weight excluding hydrogens is 206 g/mol. The van der Waals surface area contributed by atoms with E-state index in [-0.39, 0.29) is 13.2 Å². The first-order chi connectivity index (χ1) is 7.76. The molecular formula is C12H15NO3. The number of nitriles is 1. The molecule has 1 N–H and O–H groups in total. The van der Waals surface area contributed by atoms with Gasteiger partial charge in [-0.3, -0.25) is 0 Å². The van der Waals surface area contributed by atoms with Gasteiger partial charge >= 0.3 is 0 Å². The largest absolute Gasteiger partial charge is 0.491 e. The Morgan fingerprint density at radius 3 is 2.94 bits per heavy atom. The number of hydrogen-bond acceptors (Lipinski definition) is 4. The quantitative estimate of drug-likeness (QED) is 0.787. The third kappa shape index (κ3) is 4.30. The Morgan fingerprint density at radius 1 is 1.44 bits per heavy atom. The molecule has 16 heavy (non-hydrogen) atoms. The highest BCUT2D eigenvalue weighted by molar-refractivity contribution is 5.36. The lowest BCUT2D eigenvalue weighted by atomic mass is 10.2. The van der Waals surface area contributed by atoms with Crippen LogP contribution in [0.3, 0.4) is 0 Å². The van der Waals surface area contributed by atoms with E-state index >= 15 is 0 Å². The molecule has 0 aromatic heterocycles. The van der Waals surface area contributed by atoms with Gasteiger partial charge in [0.15, 0.2) is 0 Å². The van der Waals surface area contributed by atoms with Gasteiger partial charge in [-0.15, -0.1) is 0 Å². The lowest BCUT2D eigenvalue weighted by molar-refractivity contribution is 0.0164. The Hall–Kier alpha value is -1.57. The highest BCUT2D eigenvalue weighted by Crippen LogP contribution is 2.12. The predicted octanol–water partition coefficient (Wildman–Crippen LogP) is 1.33. The van der Waals surface area contributed by atoms with Crippen LogP contribution in [0, 0.1) is 11.3 Å². The van der Waals surface area contributed by atoms with Gasteiger partial charge in [0.05, 0.1) is 18.2 Å². The molecule has 0 aliphatic heterocycles. The van der Waals surface area contributed by atoms with Crippen LogP contribution >= 0.6 is 0 Å². The molecule has 1 atom stereocenters. The average Bonchev–Trinajstić information content (AvgIpc) is 2.34. The summed E-state index contributed by atoms with van der Waals surface area (Å²) in [5, 5.41) is 18.1. The maximum absolute atomic E-state index is 9.45. The number of aliphatic hydroxyl groups excluding tert-OH is 1. The van der Waals surface area contributed by atoms with Crippen molar-refractivity contribution in [3.8, 4) is 11.8 Å². The molecule has 4 heteroatoms. The molecule has 0 saturated heterocycles. The maximum Gasteiger partial charge on any atom is 0.120 e. The zero-order valence-corrected chi connectivity index (χ0v) is 9.22. The number of ether oxygens (including phenoxy) is 2. The normalized spacial score (nSPS) is 11.8. The minimum absolute atomic E-state index is 0.162. The van der Waals surface area contributed by atoms with Crippen LogP contribution in [0.2, 0.25) is 0 Å². The first-order valence-electron chi connectivity index (χ1n) is 5.15. The van der Waals surface area contributed by atoms with Crippen molar-refractivity contribution in [1.82, 2.24) is 0 Å². The minimum Gasteiger partial charge on any atom is -0.491 e. The van der Waals surface area contributed by atoms with E-state index in [1.165, 1.54) is 0 Å². The van der Waals surface area contributed by atoms with Gasteiger partial charge in [-0.2, -0.15) is 5.26 Å². The van der Waals surface area contributed by atoms with Gasteiger partial charge in [0.2, 0.25) is 0 Å². The molecule has 1 rings (SSSR count). The van der Waals surface area contributed by atoms with Crippen molar-refractivity contribution in [2.45, 2.75) is 13.0 Å². The van der Waals surface area contributed by atoms with Crippen LogP contribution < -0.4 is 4.74 Å². The summed E-state index contributed by atoms with van der Waals surface area (Å²) in [4.78, 5) is 0. The van der Waals surface area contributed by atoms with Gasteiger partial charge in [0.25, 0.3) is 0 Å². The summed E-state index contributed by atoms with van der Waals surface area (Å²) in [6.45, 7) is 2.86. The van der Waals surface area contributed by atoms with Crippen LogP contribution in [0.15, 0.2) is 24.3 Å². The predicted molar refractivity (Wildman–Crippen MR) is 59.2 cm³/mol. The Bertz CT molecular complexity index is 360. The van der Waals surface area contributed by atoms with Gasteiger partial charge in [0, 0.05) is 6.61 Å². The number of hydrogen-bond donors (Lipinski definition) is 1. The van der Waals surface area contributed by atoms with E-state index in [1.807, 2.05) is 13.0 Å². The van der Waals surface area contributed by atoms with Crippen LogP contribution in [0.4, 0.5) is 0 Å². The molecule has 0 aliphatic carbocycles. The van der Waals surface area contributed by atoms with E-state index in [2.05, 4.69) is 0 Å². The van der Waals surface area contributed by atoms with Crippen LogP contribution in [0.1, 0.15) is 12.5 Å². The molecule has 0 radical (unpaired) electrons. The fourth-order valence-corrected chi connectivity index (χ4v) is 1.15. The second kappa shape index (κ2) is 6.83. The fraction of sp³-hybridized carbons (Fsp3) is 0.417. The summed E-state index contributed by atoms with van der Waals surface area (Å²) in [5.41, 5.74) is 0.539. The van der Waals surface area contributed by atoms with Crippen molar-refractivity contribution in [3.05, 3.63) is 29.8 Å². The second-order valence-corrected chi connectivity index (χ2v) is 3.26. The van der Waals surface area contributed by atoms with Gasteiger partial charge in [0.1, 0.15) is 18.5 Å². The number of aliphatic hydroxyl groups is 1. The zero-order valence-electron chi connectivity index (χ0n) is 9.22. The van der Waals surface area contributed by atoms with Crippen molar-refractivity contribution < 1.29 is 14.6 Å². The smallest absolute Gasteiger partial charge is 0.120 e. The van der Waals surface area contributed by atoms with Gasteiger partial charge in [-0.25, -0.2) is 0 Å². The monoisotopic (exact) mass is 221 g/mol. The fourth-order valence-electron chi connectivity index (χ4n) is 1.15. The van der Waals surface area contributed by atoms with E-state index < -0.39 is 6.10 Å². The van der Waals surface area contributed by atoms with E-state index in [1.54, 1.807) is 24.3 Å². The van der Waals surface area contributed by atoms with Crippen molar-refractivity contribution in [1.29, 1.82) is 5.26 Å². The van der Waals surface area contributed by atoms with Gasteiger partial charge < -0.3 is 14.6 Å². The summed E-state index contributed by atoms with van der Waals surface area (Å²) in [5.74, 6) is 0.578. The number of nitrogens with zero attached hydrogens (tertiary/aromatic N) is 1. The van der Waals surface area contributed by atoms with Crippen LogP contribution in [-0.4, -0.2) is 31.0 Å². The molecule has 1 unspecified atom stereocenters. The molecule has 0 saturated carbocycles. The average molecular weight is 221 g/mol. The van der Waals surface area contributed by atoms with Crippen molar-refractivity contribution in [2.24, 2.45) is 0 Å². The van der Waals surface area contributed by atoms with Crippen molar-refractivity contribution in [2.75, 3.05) is 19.8 Å². The van der Waals surface area contributed by atoms with E-state index in [0.29, 0.717) is 17.9 Å². The summed E-state index contributed by atoms with van der Waals surface area (Å²) >= 11 is 0. The highest BCUT2D eigenvalue weighted by atomic mass is 16.5. The zero-order chi connectivity index (χ0) is 11.8. The summed E-state index contributed by atoms with van der Waals surface area (Å²) in [7, 11) is 0. The standard InChI is InChI=1S/C12H15NO3/c1-2-15-8-11(14)9-16-12-5-3-4-10(6-12)7-13/h3-6,11,14H,2,8-9H2,1H3. The first kappa shape index (κ1) is 12.5. The SMILES string of the molecule is CCOCC(O)COc1cccc(C#N)c1. The summed E-state index contributed by atoms with van der Waals surface area (Å²) in [6, 6.07) is 8.84. The Balaban J connectivity index is 2.39. The molecule has 0 heterocycles. The van der Waals surface area contributed by atoms with Gasteiger partial charge in [-0.05, 0) is 25.1 Å². The van der Waals surface area contributed by atoms with Crippen molar-refractivity contribution in [3.63, 3.8) is 0 Å². The lowest BCUT2D eigenvalue weighted by Crippen LogP contribution is -2.23. The van der Waals surface area contributed by atoms with Crippen LogP contribution in [0.5, 0.6) is 5.75 Å². The van der Waals surface area contributed by atoms with E-state index in [0.717, 1.165) is 0 Å². The molecule has 1 aromatic carbocycles. The summed E-state index contributed by atoms with van der Waals surface area (Å²) < 4.78 is 10.4. The molecule has 0 amide bonds. The molecule has 0 spiro atoms. The third-order valence-electron chi connectivity index (χ3n) is 1.92. The Morgan fingerprint density at radius 2 is 2.25 bits per heavy atom. The number of benzene rings is 1. The summed E-state index contributed by atoms with van der Waals surface area (Å²) in [6.07, 6.45) is -0.648. The Kier molecular flexibility index (Phi) is 5.34. The molecule has 0 bridgehead atoms. The Labute approximate surface area is 95.0 Å². The first-order valence-corrected chi connectivity index (χ1v) is 5.15. The van der Waals surface area contributed by atoms with E-state index in [9.17, 15) is 5.11 Å². The van der Waals surface area contributed by atoms with Crippen LogP contribution in [0.25, 0.3) is 0 Å². The second-order valence-electron chi connectivity index (χ2n) is 3.26. The molecule has 0 aliphatic rings. The third-order valence-corrected chi connectivity index (χ3v) is 1.92. The minimum atomic E-state index is -0.648. The lowest BCUT2D eigenvalue weighted by Gasteiger charge is -2.12. The molecule has 1 aromatic rings. The number of rotatable bonds is 6. The molecule has 86 valence electrons. The molecule has 4 nitrogen and oxygen atoms in total.